The fourth-order valence-electron chi connectivity index (χ4n) is 1.46. The number of hydrogen-bond donors (Lipinski definition) is 1. The van der Waals surface area contributed by atoms with E-state index in [2.05, 4.69) is 4.98 Å². The zero-order chi connectivity index (χ0) is 11.3. The molecular formula is C12H19NO2. The Hall–Kier alpha value is -1.09. The van der Waals surface area contributed by atoms with E-state index in [9.17, 15) is 5.11 Å². The third kappa shape index (κ3) is 3.20. The average Bonchev–Trinajstić information content (AvgIpc) is 2.28. The Morgan fingerprint density at radius 1 is 1.40 bits per heavy atom. The summed E-state index contributed by atoms with van der Waals surface area (Å²) in [6.45, 7) is 6.49. The van der Waals surface area contributed by atoms with Gasteiger partial charge in [-0.3, -0.25) is 0 Å². The molecule has 0 aliphatic carbocycles. The molecule has 84 valence electrons. The van der Waals surface area contributed by atoms with E-state index in [1.54, 1.807) is 0 Å². The van der Waals surface area contributed by atoms with Crippen molar-refractivity contribution in [1.82, 2.24) is 4.98 Å². The van der Waals surface area contributed by atoms with Crippen molar-refractivity contribution in [3.8, 4) is 5.88 Å². The minimum atomic E-state index is -0.339. The largest absolute Gasteiger partial charge is 0.478 e. The van der Waals surface area contributed by atoms with Crippen molar-refractivity contribution in [1.29, 1.82) is 0 Å². The van der Waals surface area contributed by atoms with Crippen LogP contribution in [-0.2, 0) is 0 Å². The van der Waals surface area contributed by atoms with Gasteiger partial charge in [0.25, 0.3) is 0 Å². The Morgan fingerprint density at radius 3 is 2.73 bits per heavy atom. The standard InChI is InChI=1S/C12H19NO2/c1-4-11(14)9(3)10-7-6-8-12(13-10)15-5-2/h6-9,11,14H,4-5H2,1-3H3. The van der Waals surface area contributed by atoms with Crippen molar-refractivity contribution in [3.05, 3.63) is 23.9 Å². The predicted molar refractivity (Wildman–Crippen MR) is 60.1 cm³/mol. The Bertz CT molecular complexity index is 301. The van der Waals surface area contributed by atoms with Crippen molar-refractivity contribution in [2.24, 2.45) is 0 Å². The maximum atomic E-state index is 9.72. The second-order valence-electron chi connectivity index (χ2n) is 3.60. The highest BCUT2D eigenvalue weighted by Crippen LogP contribution is 2.21. The number of aliphatic hydroxyl groups excluding tert-OH is 1. The smallest absolute Gasteiger partial charge is 0.213 e. The highest BCUT2D eigenvalue weighted by molar-refractivity contribution is 5.19. The van der Waals surface area contributed by atoms with Gasteiger partial charge in [-0.2, -0.15) is 0 Å². The molecule has 1 heterocycles. The number of rotatable bonds is 5. The van der Waals surface area contributed by atoms with Gasteiger partial charge in [0, 0.05) is 17.7 Å². The Labute approximate surface area is 91.1 Å². The van der Waals surface area contributed by atoms with Crippen LogP contribution in [0.15, 0.2) is 18.2 Å². The van der Waals surface area contributed by atoms with E-state index in [0.717, 1.165) is 12.1 Å². The normalized spacial score (nSPS) is 14.7. The molecule has 0 amide bonds. The molecule has 1 aromatic heterocycles. The van der Waals surface area contributed by atoms with Crippen molar-refractivity contribution in [2.75, 3.05) is 6.61 Å². The molecule has 0 aliphatic rings. The molecule has 0 aromatic carbocycles. The maximum Gasteiger partial charge on any atom is 0.213 e. The molecule has 0 fully saturated rings. The first-order valence-corrected chi connectivity index (χ1v) is 5.46. The molecule has 1 aromatic rings. The van der Waals surface area contributed by atoms with Crippen LogP contribution in [-0.4, -0.2) is 22.8 Å². The van der Waals surface area contributed by atoms with Crippen molar-refractivity contribution < 1.29 is 9.84 Å². The monoisotopic (exact) mass is 209 g/mol. The second-order valence-corrected chi connectivity index (χ2v) is 3.60. The van der Waals surface area contributed by atoms with Crippen LogP contribution in [0.1, 0.15) is 38.8 Å². The lowest BCUT2D eigenvalue weighted by atomic mass is 9.98. The molecule has 3 nitrogen and oxygen atoms in total. The summed E-state index contributed by atoms with van der Waals surface area (Å²) in [4.78, 5) is 4.35. The molecule has 0 saturated carbocycles. The van der Waals surface area contributed by atoms with Gasteiger partial charge in [0.15, 0.2) is 0 Å². The van der Waals surface area contributed by atoms with Gasteiger partial charge in [0.2, 0.25) is 5.88 Å². The molecule has 2 atom stereocenters. The fraction of sp³-hybridized carbons (Fsp3) is 0.583. The summed E-state index contributed by atoms with van der Waals surface area (Å²) in [5.41, 5.74) is 0.885. The van der Waals surface area contributed by atoms with Crippen LogP contribution in [0.4, 0.5) is 0 Å². The van der Waals surface area contributed by atoms with E-state index < -0.39 is 0 Å². The highest BCUT2D eigenvalue weighted by atomic mass is 16.5. The zero-order valence-electron chi connectivity index (χ0n) is 9.60. The number of aromatic nitrogens is 1. The summed E-state index contributed by atoms with van der Waals surface area (Å²) in [6, 6.07) is 5.66. The van der Waals surface area contributed by atoms with E-state index >= 15 is 0 Å². The molecule has 0 spiro atoms. The number of nitrogens with zero attached hydrogens (tertiary/aromatic N) is 1. The summed E-state index contributed by atoms with van der Waals surface area (Å²) in [5, 5.41) is 9.72. The summed E-state index contributed by atoms with van der Waals surface area (Å²) in [6.07, 6.45) is 0.399. The predicted octanol–water partition coefficient (Wildman–Crippen LogP) is 2.35. The van der Waals surface area contributed by atoms with Crippen LogP contribution in [0.3, 0.4) is 0 Å². The number of aliphatic hydroxyl groups is 1. The molecule has 15 heavy (non-hydrogen) atoms. The Morgan fingerprint density at radius 2 is 2.13 bits per heavy atom. The quantitative estimate of drug-likeness (QED) is 0.809. The van der Waals surface area contributed by atoms with E-state index in [-0.39, 0.29) is 12.0 Å². The first-order valence-electron chi connectivity index (χ1n) is 5.46. The fourth-order valence-corrected chi connectivity index (χ4v) is 1.46. The van der Waals surface area contributed by atoms with E-state index in [0.29, 0.717) is 12.5 Å². The number of ether oxygens (including phenoxy) is 1. The summed E-state index contributed by atoms with van der Waals surface area (Å²) in [7, 11) is 0. The van der Waals surface area contributed by atoms with Gasteiger partial charge in [0.1, 0.15) is 0 Å². The Balaban J connectivity index is 2.80. The van der Waals surface area contributed by atoms with Gasteiger partial charge in [-0.1, -0.05) is 19.9 Å². The van der Waals surface area contributed by atoms with Crippen LogP contribution < -0.4 is 4.74 Å². The van der Waals surface area contributed by atoms with Crippen molar-refractivity contribution in [3.63, 3.8) is 0 Å². The number of hydrogen-bond acceptors (Lipinski definition) is 3. The van der Waals surface area contributed by atoms with E-state index in [1.807, 2.05) is 39.0 Å². The van der Waals surface area contributed by atoms with Crippen LogP contribution in [0.2, 0.25) is 0 Å². The molecule has 1 N–H and O–H groups in total. The number of pyridine rings is 1. The SMILES string of the molecule is CCOc1cccc(C(C)C(O)CC)n1. The molecular weight excluding hydrogens is 190 g/mol. The Kier molecular flexibility index (Phi) is 4.56. The minimum Gasteiger partial charge on any atom is -0.478 e. The first kappa shape index (κ1) is 12.0. The molecule has 0 aliphatic heterocycles. The highest BCUT2D eigenvalue weighted by Gasteiger charge is 2.15. The lowest BCUT2D eigenvalue weighted by Gasteiger charge is -2.17. The van der Waals surface area contributed by atoms with Crippen LogP contribution in [0.25, 0.3) is 0 Å². The van der Waals surface area contributed by atoms with Gasteiger partial charge in [-0.15, -0.1) is 0 Å². The first-order chi connectivity index (χ1) is 7.19. The van der Waals surface area contributed by atoms with Crippen molar-refractivity contribution >= 4 is 0 Å². The lowest BCUT2D eigenvalue weighted by Crippen LogP contribution is -2.15. The molecule has 2 unspecified atom stereocenters. The maximum absolute atomic E-state index is 9.72. The summed E-state index contributed by atoms with van der Waals surface area (Å²) < 4.78 is 5.32. The molecule has 3 heteroatoms. The lowest BCUT2D eigenvalue weighted by molar-refractivity contribution is 0.143. The second kappa shape index (κ2) is 5.71. The third-order valence-electron chi connectivity index (χ3n) is 2.50. The summed E-state index contributed by atoms with van der Waals surface area (Å²) in [5.74, 6) is 0.681. The van der Waals surface area contributed by atoms with Gasteiger partial charge in [-0.05, 0) is 19.4 Å². The average molecular weight is 209 g/mol. The zero-order valence-corrected chi connectivity index (χ0v) is 9.60. The third-order valence-corrected chi connectivity index (χ3v) is 2.50. The van der Waals surface area contributed by atoms with Gasteiger partial charge in [0.05, 0.1) is 12.7 Å². The topological polar surface area (TPSA) is 42.4 Å². The van der Waals surface area contributed by atoms with E-state index in [4.69, 9.17) is 4.74 Å². The molecule has 1 rings (SSSR count). The van der Waals surface area contributed by atoms with E-state index in [1.165, 1.54) is 0 Å². The summed E-state index contributed by atoms with van der Waals surface area (Å²) >= 11 is 0. The molecule has 0 bridgehead atoms. The van der Waals surface area contributed by atoms with Crippen molar-refractivity contribution in [2.45, 2.75) is 39.2 Å². The molecule has 0 saturated heterocycles. The van der Waals surface area contributed by atoms with Crippen LogP contribution in [0.5, 0.6) is 5.88 Å². The van der Waals surface area contributed by atoms with Gasteiger partial charge in [-0.25, -0.2) is 4.98 Å². The van der Waals surface area contributed by atoms with Crippen LogP contribution >= 0.6 is 0 Å². The van der Waals surface area contributed by atoms with Gasteiger partial charge >= 0.3 is 0 Å². The minimum absolute atomic E-state index is 0.0513. The van der Waals surface area contributed by atoms with Crippen LogP contribution in [0, 0.1) is 0 Å². The molecule has 0 radical (unpaired) electrons. The van der Waals surface area contributed by atoms with Gasteiger partial charge < -0.3 is 9.84 Å².